The fourth-order valence-electron chi connectivity index (χ4n) is 3.29. The van der Waals surface area contributed by atoms with E-state index < -0.39 is 29.4 Å². The number of hydrogen-bond acceptors (Lipinski definition) is 5. The van der Waals surface area contributed by atoms with Gasteiger partial charge in [-0.3, -0.25) is 19.2 Å². The third-order valence-electron chi connectivity index (χ3n) is 4.71. The van der Waals surface area contributed by atoms with Crippen molar-refractivity contribution < 1.29 is 23.9 Å². The van der Waals surface area contributed by atoms with Crippen LogP contribution in [0.4, 0.5) is 5.69 Å². The van der Waals surface area contributed by atoms with Gasteiger partial charge in [-0.2, -0.15) is 0 Å². The Morgan fingerprint density at radius 3 is 1.93 bits per heavy atom. The van der Waals surface area contributed by atoms with Crippen molar-refractivity contribution in [2.24, 2.45) is 0 Å². The first-order valence-electron chi connectivity index (χ1n) is 8.67. The van der Waals surface area contributed by atoms with Gasteiger partial charge >= 0.3 is 0 Å². The first kappa shape index (κ1) is 17.7. The second kappa shape index (κ2) is 6.45. The summed E-state index contributed by atoms with van der Waals surface area (Å²) < 4.78 is 6.10. The smallest absolute Gasteiger partial charge is 0.258 e. The van der Waals surface area contributed by atoms with Crippen molar-refractivity contribution in [1.82, 2.24) is 4.90 Å². The molecule has 1 aromatic rings. The minimum atomic E-state index is -1.28. The largest absolute Gasteiger partial charge is 0.463 e. The topological polar surface area (TPSA) is 84.0 Å². The third kappa shape index (κ3) is 2.87. The number of rotatable bonds is 4. The molecule has 4 rings (SSSR count). The van der Waals surface area contributed by atoms with E-state index in [0.29, 0.717) is 17.9 Å². The van der Waals surface area contributed by atoms with Gasteiger partial charge in [0.05, 0.1) is 5.69 Å². The van der Waals surface area contributed by atoms with Gasteiger partial charge in [0.2, 0.25) is 5.72 Å². The average Bonchev–Trinajstić information content (AvgIpc) is 3.19. The molecule has 1 aromatic carbocycles. The molecule has 7 nitrogen and oxygen atoms in total. The van der Waals surface area contributed by atoms with E-state index >= 15 is 0 Å². The Bertz CT molecular complexity index is 980. The number of benzene rings is 1. The summed E-state index contributed by atoms with van der Waals surface area (Å²) in [5.41, 5.74) is 0.131. The van der Waals surface area contributed by atoms with Crippen LogP contribution in [0.5, 0.6) is 5.75 Å². The predicted molar refractivity (Wildman–Crippen MR) is 99.9 cm³/mol. The summed E-state index contributed by atoms with van der Waals surface area (Å²) in [4.78, 5) is 50.2. The van der Waals surface area contributed by atoms with Crippen LogP contribution < -0.4 is 9.64 Å². The fourth-order valence-corrected chi connectivity index (χ4v) is 3.29. The monoisotopic (exact) mass is 376 g/mol. The van der Waals surface area contributed by atoms with E-state index in [0.717, 1.165) is 15.4 Å². The SMILES string of the molecule is CC1=CCC(Oc2ccc(N3C(=O)C=CC3=O)cc2)(N2C(=O)C=CC2=O)C=C1. The Labute approximate surface area is 160 Å². The molecule has 3 aliphatic rings. The molecule has 2 heterocycles. The zero-order chi connectivity index (χ0) is 19.9. The summed E-state index contributed by atoms with van der Waals surface area (Å²) in [5, 5.41) is 0. The molecule has 0 saturated carbocycles. The van der Waals surface area contributed by atoms with Crippen molar-refractivity contribution in [2.45, 2.75) is 19.1 Å². The lowest BCUT2D eigenvalue weighted by Crippen LogP contribution is -2.55. The van der Waals surface area contributed by atoms with Gasteiger partial charge in [0.1, 0.15) is 5.75 Å². The minimum absolute atomic E-state index is 0.309. The molecule has 0 saturated heterocycles. The molecule has 0 fully saturated rings. The van der Waals surface area contributed by atoms with E-state index in [4.69, 9.17) is 4.74 Å². The van der Waals surface area contributed by atoms with Crippen molar-refractivity contribution in [3.05, 3.63) is 72.4 Å². The molecular weight excluding hydrogens is 360 g/mol. The van der Waals surface area contributed by atoms with Crippen LogP contribution in [0.2, 0.25) is 0 Å². The zero-order valence-corrected chi connectivity index (χ0v) is 15.0. The summed E-state index contributed by atoms with van der Waals surface area (Å²) >= 11 is 0. The number of carbonyl (C=O) groups excluding carboxylic acids is 4. The standard InChI is InChI=1S/C21H16N2O5/c1-14-10-12-21(13-11-14,23-19(26)8-9-20(23)27)28-16-4-2-15(3-5-16)22-17(24)6-7-18(22)25/h2-12H,13H2,1H3. The Kier molecular flexibility index (Phi) is 4.07. The van der Waals surface area contributed by atoms with Gasteiger partial charge in [0.15, 0.2) is 0 Å². The van der Waals surface area contributed by atoms with Crippen LogP contribution in [0, 0.1) is 0 Å². The molecule has 0 spiro atoms. The normalized spacial score (nSPS) is 23.8. The van der Waals surface area contributed by atoms with Crippen LogP contribution in [0.15, 0.2) is 72.4 Å². The van der Waals surface area contributed by atoms with Crippen molar-refractivity contribution in [3.8, 4) is 5.75 Å². The van der Waals surface area contributed by atoms with Gasteiger partial charge in [0, 0.05) is 30.7 Å². The molecule has 1 unspecified atom stereocenters. The third-order valence-corrected chi connectivity index (χ3v) is 4.71. The summed E-state index contributed by atoms with van der Waals surface area (Å²) in [6, 6.07) is 6.33. The van der Waals surface area contributed by atoms with Crippen molar-refractivity contribution in [3.63, 3.8) is 0 Å². The lowest BCUT2D eigenvalue weighted by Gasteiger charge is -2.39. The second-order valence-corrected chi connectivity index (χ2v) is 6.62. The summed E-state index contributed by atoms with van der Waals surface area (Å²) in [7, 11) is 0. The number of allylic oxidation sites excluding steroid dienone is 2. The van der Waals surface area contributed by atoms with Gasteiger partial charge in [-0.1, -0.05) is 17.7 Å². The molecule has 28 heavy (non-hydrogen) atoms. The molecule has 1 atom stereocenters. The number of carbonyl (C=O) groups is 4. The second-order valence-electron chi connectivity index (χ2n) is 6.62. The highest BCUT2D eigenvalue weighted by Crippen LogP contribution is 2.34. The number of anilines is 1. The Hall–Kier alpha value is -3.74. The van der Waals surface area contributed by atoms with E-state index in [1.165, 1.54) is 24.3 Å². The quantitative estimate of drug-likeness (QED) is 0.751. The van der Waals surface area contributed by atoms with Gasteiger partial charge in [-0.05, 0) is 37.3 Å². The van der Waals surface area contributed by atoms with Crippen LogP contribution >= 0.6 is 0 Å². The van der Waals surface area contributed by atoms with Gasteiger partial charge in [-0.25, -0.2) is 9.80 Å². The zero-order valence-electron chi connectivity index (χ0n) is 15.0. The van der Waals surface area contributed by atoms with Crippen LogP contribution in [-0.4, -0.2) is 34.3 Å². The highest BCUT2D eigenvalue weighted by molar-refractivity contribution is 6.28. The van der Waals surface area contributed by atoms with Crippen molar-refractivity contribution in [2.75, 3.05) is 4.90 Å². The van der Waals surface area contributed by atoms with Crippen LogP contribution in [0.3, 0.4) is 0 Å². The maximum atomic E-state index is 12.3. The van der Waals surface area contributed by atoms with Crippen molar-refractivity contribution >= 4 is 29.3 Å². The number of nitrogens with zero attached hydrogens (tertiary/aromatic N) is 2. The number of hydrogen-bond donors (Lipinski definition) is 0. The van der Waals surface area contributed by atoms with Crippen LogP contribution in [0.1, 0.15) is 13.3 Å². The highest BCUT2D eigenvalue weighted by atomic mass is 16.5. The maximum Gasteiger partial charge on any atom is 0.258 e. The summed E-state index contributed by atoms with van der Waals surface area (Å²) in [6.07, 6.45) is 10.5. The Morgan fingerprint density at radius 1 is 0.821 bits per heavy atom. The maximum absolute atomic E-state index is 12.3. The molecule has 2 aliphatic heterocycles. The minimum Gasteiger partial charge on any atom is -0.463 e. The molecule has 7 heteroatoms. The number of amides is 4. The molecule has 140 valence electrons. The van der Waals surface area contributed by atoms with Gasteiger partial charge in [-0.15, -0.1) is 0 Å². The lowest BCUT2D eigenvalue weighted by atomic mass is 9.98. The molecule has 0 N–H and O–H groups in total. The Balaban J connectivity index is 1.62. The molecular formula is C21H16N2O5. The van der Waals surface area contributed by atoms with Crippen LogP contribution in [0.25, 0.3) is 0 Å². The predicted octanol–water partition coefficient (Wildman–Crippen LogP) is 2.02. The fraction of sp³-hybridized carbons (Fsp3) is 0.143. The van der Waals surface area contributed by atoms with Gasteiger partial charge < -0.3 is 4.74 Å². The first-order chi connectivity index (χ1) is 13.4. The van der Waals surface area contributed by atoms with E-state index in [2.05, 4.69) is 0 Å². The summed E-state index contributed by atoms with van der Waals surface area (Å²) in [5.74, 6) is -1.33. The molecule has 0 radical (unpaired) electrons. The molecule has 1 aliphatic carbocycles. The van der Waals surface area contributed by atoms with E-state index in [1.54, 1.807) is 36.4 Å². The van der Waals surface area contributed by atoms with E-state index in [9.17, 15) is 19.2 Å². The first-order valence-corrected chi connectivity index (χ1v) is 8.67. The summed E-state index contributed by atoms with van der Waals surface area (Å²) in [6.45, 7) is 1.92. The molecule has 0 bridgehead atoms. The highest BCUT2D eigenvalue weighted by Gasteiger charge is 2.45. The molecule has 4 amide bonds. The van der Waals surface area contributed by atoms with Gasteiger partial charge in [0.25, 0.3) is 23.6 Å². The van der Waals surface area contributed by atoms with Crippen LogP contribution in [-0.2, 0) is 19.2 Å². The van der Waals surface area contributed by atoms with Crippen molar-refractivity contribution in [1.29, 1.82) is 0 Å². The average molecular weight is 376 g/mol. The number of ether oxygens (including phenoxy) is 1. The number of imide groups is 2. The van der Waals surface area contributed by atoms with E-state index in [1.807, 2.05) is 13.0 Å². The lowest BCUT2D eigenvalue weighted by molar-refractivity contribution is -0.153. The van der Waals surface area contributed by atoms with E-state index in [-0.39, 0.29) is 0 Å². The molecule has 0 aromatic heterocycles. The Morgan fingerprint density at radius 2 is 1.39 bits per heavy atom.